The van der Waals surface area contributed by atoms with Gasteiger partial charge >= 0.3 is 4.87 Å². The highest BCUT2D eigenvalue weighted by Gasteiger charge is 2.25. The van der Waals surface area contributed by atoms with E-state index >= 15 is 0 Å². The van der Waals surface area contributed by atoms with Crippen LogP contribution < -0.4 is 9.60 Å². The number of aryl methyl sites for hydroxylation is 1. The van der Waals surface area contributed by atoms with Crippen LogP contribution in [-0.4, -0.2) is 18.4 Å². The van der Waals surface area contributed by atoms with Crippen molar-refractivity contribution in [2.75, 3.05) is 0 Å². The van der Waals surface area contributed by atoms with E-state index in [1.807, 2.05) is 6.92 Å². The van der Waals surface area contributed by atoms with Gasteiger partial charge in [-0.2, -0.15) is 0 Å². The summed E-state index contributed by atoms with van der Waals surface area (Å²) in [6.07, 6.45) is 2.22. The van der Waals surface area contributed by atoms with Crippen LogP contribution in [0.2, 0.25) is 0 Å². The summed E-state index contributed by atoms with van der Waals surface area (Å²) < 4.78 is 27.1. The number of H-pyrrole nitrogens is 1. The molecule has 2 N–H and O–H groups in total. The fourth-order valence-electron chi connectivity index (χ4n) is 1.60. The van der Waals surface area contributed by atoms with E-state index in [4.69, 9.17) is 0 Å². The Labute approximate surface area is 118 Å². The lowest BCUT2D eigenvalue weighted by atomic mass is 10.3. The maximum absolute atomic E-state index is 12.2. The minimum atomic E-state index is -3.70. The predicted octanol–water partition coefficient (Wildman–Crippen LogP) is 1.63. The molecular weight excluding hydrogens is 306 g/mol. The van der Waals surface area contributed by atoms with Crippen molar-refractivity contribution < 1.29 is 8.42 Å². The van der Waals surface area contributed by atoms with Crippen LogP contribution >= 0.6 is 22.7 Å². The highest BCUT2D eigenvalue weighted by atomic mass is 32.2. The minimum Gasteiger partial charge on any atom is -0.315 e. The molecule has 2 rings (SSSR count). The van der Waals surface area contributed by atoms with Gasteiger partial charge in [-0.05, 0) is 13.3 Å². The van der Waals surface area contributed by atoms with E-state index in [1.54, 1.807) is 18.5 Å². The third kappa shape index (κ3) is 3.11. The molecule has 0 saturated carbocycles. The lowest BCUT2D eigenvalue weighted by molar-refractivity contribution is 0.550. The first kappa shape index (κ1) is 14.4. The van der Waals surface area contributed by atoms with Crippen molar-refractivity contribution in [2.45, 2.75) is 30.5 Å². The molecule has 104 valence electrons. The van der Waals surface area contributed by atoms with Crippen molar-refractivity contribution >= 4 is 32.7 Å². The Morgan fingerprint density at radius 3 is 2.74 bits per heavy atom. The molecule has 0 saturated heterocycles. The summed E-state index contributed by atoms with van der Waals surface area (Å²) in [6.45, 7) is 3.44. The maximum Gasteiger partial charge on any atom is 0.305 e. The van der Waals surface area contributed by atoms with E-state index in [0.717, 1.165) is 0 Å². The number of thiazole rings is 2. The smallest absolute Gasteiger partial charge is 0.305 e. The lowest BCUT2D eigenvalue weighted by Crippen LogP contribution is -2.28. The number of nitrogens with zero attached hydrogens (tertiary/aromatic N) is 1. The van der Waals surface area contributed by atoms with E-state index in [-0.39, 0.29) is 15.1 Å². The van der Waals surface area contributed by atoms with E-state index in [1.165, 1.54) is 11.3 Å². The number of rotatable bonds is 5. The molecule has 0 fully saturated rings. The van der Waals surface area contributed by atoms with Crippen LogP contribution in [0, 0.1) is 6.92 Å². The van der Waals surface area contributed by atoms with Crippen LogP contribution in [0.4, 0.5) is 0 Å². The molecule has 0 aliphatic rings. The van der Waals surface area contributed by atoms with Gasteiger partial charge in [0.2, 0.25) is 0 Å². The summed E-state index contributed by atoms with van der Waals surface area (Å²) in [6, 6.07) is -0.374. The number of aromatic amines is 1. The second kappa shape index (κ2) is 5.53. The summed E-state index contributed by atoms with van der Waals surface area (Å²) in [5, 5.41) is 2.51. The van der Waals surface area contributed by atoms with Gasteiger partial charge in [0.25, 0.3) is 10.0 Å². The molecule has 0 aromatic carbocycles. The maximum atomic E-state index is 12.2. The van der Waals surface area contributed by atoms with Crippen LogP contribution in [0.5, 0.6) is 0 Å². The topological polar surface area (TPSA) is 91.9 Å². The van der Waals surface area contributed by atoms with Gasteiger partial charge in [0.1, 0.15) is 5.01 Å². The zero-order chi connectivity index (χ0) is 14.0. The molecule has 19 heavy (non-hydrogen) atoms. The van der Waals surface area contributed by atoms with Gasteiger partial charge in [-0.1, -0.05) is 18.3 Å². The van der Waals surface area contributed by atoms with Gasteiger partial charge in [0.05, 0.1) is 6.04 Å². The van der Waals surface area contributed by atoms with Crippen molar-refractivity contribution in [1.29, 1.82) is 0 Å². The summed E-state index contributed by atoms with van der Waals surface area (Å²) in [4.78, 5) is 17.4. The molecule has 0 amide bonds. The van der Waals surface area contributed by atoms with E-state index < -0.39 is 10.0 Å². The number of aromatic nitrogens is 2. The van der Waals surface area contributed by atoms with Crippen molar-refractivity contribution in [3.63, 3.8) is 0 Å². The first-order chi connectivity index (χ1) is 8.94. The van der Waals surface area contributed by atoms with Crippen molar-refractivity contribution in [2.24, 2.45) is 0 Å². The molecule has 2 aromatic rings. The first-order valence-corrected chi connectivity index (χ1v) is 8.73. The quantitative estimate of drug-likeness (QED) is 0.876. The van der Waals surface area contributed by atoms with Gasteiger partial charge in [0, 0.05) is 17.3 Å². The Balaban J connectivity index is 2.31. The molecule has 1 unspecified atom stereocenters. The van der Waals surface area contributed by atoms with Crippen molar-refractivity contribution in [3.8, 4) is 0 Å². The number of sulfonamides is 1. The number of nitrogens with one attached hydrogen (secondary N) is 2. The Bertz CT molecular complexity index is 700. The summed E-state index contributed by atoms with van der Waals surface area (Å²) in [5.74, 6) is 0. The molecular formula is C10H13N3O3S3. The van der Waals surface area contributed by atoms with Gasteiger partial charge in [-0.3, -0.25) is 4.79 Å². The molecule has 2 heterocycles. The first-order valence-electron chi connectivity index (χ1n) is 5.55. The second-order valence-corrected chi connectivity index (χ2v) is 7.70. The third-order valence-electron chi connectivity index (χ3n) is 2.48. The zero-order valence-corrected chi connectivity index (χ0v) is 12.8. The standard InChI is InChI=1S/C10H13N3O3S3/c1-3-7(8-11-4-5-17-8)13-19(15,16)9-6(2)12-10(14)18-9/h4-5,7,13H,3H2,1-2H3,(H,12,14). The highest BCUT2D eigenvalue weighted by Crippen LogP contribution is 2.23. The number of hydrogen-bond acceptors (Lipinski definition) is 6. The largest absolute Gasteiger partial charge is 0.315 e. The van der Waals surface area contributed by atoms with Gasteiger partial charge in [-0.25, -0.2) is 18.1 Å². The average molecular weight is 319 g/mol. The normalized spacial score (nSPS) is 13.6. The number of hydrogen-bond donors (Lipinski definition) is 2. The third-order valence-corrected chi connectivity index (χ3v) is 6.45. The van der Waals surface area contributed by atoms with E-state index in [9.17, 15) is 13.2 Å². The summed E-state index contributed by atoms with van der Waals surface area (Å²) in [7, 11) is -3.70. The minimum absolute atomic E-state index is 0.0347. The van der Waals surface area contributed by atoms with Crippen LogP contribution in [0.25, 0.3) is 0 Å². The summed E-state index contributed by atoms with van der Waals surface area (Å²) in [5.41, 5.74) is 0.358. The van der Waals surface area contributed by atoms with E-state index in [2.05, 4.69) is 14.7 Å². The van der Waals surface area contributed by atoms with E-state index in [0.29, 0.717) is 28.5 Å². The molecule has 0 aliphatic carbocycles. The second-order valence-electron chi connectivity index (χ2n) is 3.88. The lowest BCUT2D eigenvalue weighted by Gasteiger charge is -2.13. The average Bonchev–Trinajstić information content (AvgIpc) is 2.96. The Morgan fingerprint density at radius 2 is 2.26 bits per heavy atom. The Kier molecular flexibility index (Phi) is 4.19. The molecule has 1 atom stereocenters. The van der Waals surface area contributed by atoms with Gasteiger partial charge in [0.15, 0.2) is 4.21 Å². The fraction of sp³-hybridized carbons (Fsp3) is 0.400. The van der Waals surface area contributed by atoms with Crippen LogP contribution in [0.15, 0.2) is 20.6 Å². The van der Waals surface area contributed by atoms with Gasteiger partial charge < -0.3 is 4.98 Å². The SMILES string of the molecule is CCC(NS(=O)(=O)c1sc(=O)[nH]c1C)c1nccs1. The van der Waals surface area contributed by atoms with Gasteiger partial charge in [-0.15, -0.1) is 11.3 Å². The molecule has 9 heteroatoms. The molecule has 0 aliphatic heterocycles. The fourth-order valence-corrected chi connectivity index (χ4v) is 5.05. The Hall–Kier alpha value is -1.03. The zero-order valence-electron chi connectivity index (χ0n) is 10.3. The van der Waals surface area contributed by atoms with Crippen LogP contribution in [-0.2, 0) is 10.0 Å². The molecule has 0 bridgehead atoms. The molecule has 2 aromatic heterocycles. The molecule has 0 radical (unpaired) electrons. The van der Waals surface area contributed by atoms with Crippen LogP contribution in [0.3, 0.4) is 0 Å². The Morgan fingerprint density at radius 1 is 1.53 bits per heavy atom. The molecule has 6 nitrogen and oxygen atoms in total. The molecule has 0 spiro atoms. The highest BCUT2D eigenvalue weighted by molar-refractivity contribution is 7.91. The van der Waals surface area contributed by atoms with Crippen molar-refractivity contribution in [3.05, 3.63) is 31.9 Å². The van der Waals surface area contributed by atoms with Crippen molar-refractivity contribution in [1.82, 2.24) is 14.7 Å². The monoisotopic (exact) mass is 319 g/mol. The predicted molar refractivity (Wildman–Crippen MR) is 75.1 cm³/mol. The van der Waals surface area contributed by atoms with Crippen LogP contribution in [0.1, 0.15) is 30.1 Å². The summed E-state index contributed by atoms with van der Waals surface area (Å²) >= 11 is 2.09.